The molecular weight excluding hydrogens is 365 g/mol. The normalized spacial score (nSPS) is 13.2. The second-order valence-electron chi connectivity index (χ2n) is 7.47. The summed E-state index contributed by atoms with van der Waals surface area (Å²) in [6, 6.07) is 15.0. The van der Waals surface area contributed by atoms with Crippen LogP contribution >= 0.6 is 0 Å². The Bertz CT molecular complexity index is 1060. The summed E-state index contributed by atoms with van der Waals surface area (Å²) >= 11 is 0. The van der Waals surface area contributed by atoms with Gasteiger partial charge >= 0.3 is 0 Å². The molecule has 0 aliphatic rings. The van der Waals surface area contributed by atoms with E-state index in [0.29, 0.717) is 0 Å². The number of benzene rings is 2. The lowest BCUT2D eigenvalue weighted by molar-refractivity contribution is -0.118. The number of allylic oxidation sites excluding steroid dienone is 2. The van der Waals surface area contributed by atoms with E-state index < -0.39 is 6.10 Å². The molecule has 1 heterocycles. The third kappa shape index (κ3) is 4.72. The number of fused-ring (bicyclic) bond motifs is 1. The van der Waals surface area contributed by atoms with Gasteiger partial charge in [0.25, 0.3) is 0 Å². The number of hydrogen-bond acceptors (Lipinski definition) is 2. The molecule has 1 N–H and O–H groups in total. The number of rotatable bonds is 7. The minimum absolute atomic E-state index is 0.0512. The van der Waals surface area contributed by atoms with E-state index in [-0.39, 0.29) is 24.1 Å². The summed E-state index contributed by atoms with van der Waals surface area (Å²) in [6.07, 6.45) is 6.54. The molecule has 0 radical (unpaired) electrons. The molecule has 1 unspecified atom stereocenters. The van der Waals surface area contributed by atoms with Gasteiger partial charge in [0.15, 0.2) is 0 Å². The van der Waals surface area contributed by atoms with Gasteiger partial charge in [-0.1, -0.05) is 48.6 Å². The number of halogens is 1. The zero-order valence-electron chi connectivity index (χ0n) is 17.0. The number of carbonyl (C=O) groups is 1. The van der Waals surface area contributed by atoms with Crippen LogP contribution < -0.4 is 0 Å². The van der Waals surface area contributed by atoms with Crippen LogP contribution in [-0.2, 0) is 4.79 Å². The lowest BCUT2D eigenvalue weighted by atomic mass is 10.0. The number of aromatic nitrogens is 1. The molecule has 0 amide bonds. The van der Waals surface area contributed by atoms with Crippen LogP contribution in [0.3, 0.4) is 0 Å². The van der Waals surface area contributed by atoms with Crippen LogP contribution in [0.2, 0.25) is 0 Å². The second kappa shape index (κ2) is 9.01. The first-order valence-corrected chi connectivity index (χ1v) is 9.79. The molecule has 0 aliphatic heterocycles. The molecule has 0 aliphatic carbocycles. The average molecular weight is 391 g/mol. The summed E-state index contributed by atoms with van der Waals surface area (Å²) in [7, 11) is 0. The average Bonchev–Trinajstić information content (AvgIpc) is 2.99. The molecule has 1 atom stereocenters. The van der Waals surface area contributed by atoms with Gasteiger partial charge in [-0.3, -0.25) is 4.79 Å². The van der Waals surface area contributed by atoms with Crippen molar-refractivity contribution < 1.29 is 14.3 Å². The predicted molar refractivity (Wildman–Crippen MR) is 117 cm³/mol. The first-order chi connectivity index (χ1) is 13.9. The molecule has 4 heteroatoms. The highest BCUT2D eigenvalue weighted by Gasteiger charge is 2.18. The van der Waals surface area contributed by atoms with Crippen LogP contribution in [0.15, 0.2) is 66.8 Å². The number of hydrogen-bond donors (Lipinski definition) is 1. The summed E-state index contributed by atoms with van der Waals surface area (Å²) in [4.78, 5) is 11.1. The monoisotopic (exact) mass is 391 g/mol. The van der Waals surface area contributed by atoms with E-state index in [1.54, 1.807) is 24.3 Å². The van der Waals surface area contributed by atoms with Gasteiger partial charge in [-0.2, -0.15) is 0 Å². The van der Waals surface area contributed by atoms with Crippen molar-refractivity contribution in [3.63, 3.8) is 0 Å². The number of ketones is 1. The van der Waals surface area contributed by atoms with Gasteiger partial charge in [-0.05, 0) is 50.6 Å². The van der Waals surface area contributed by atoms with Gasteiger partial charge in [-0.25, -0.2) is 4.39 Å². The molecule has 0 bridgehead atoms. The Kier molecular flexibility index (Phi) is 6.45. The van der Waals surface area contributed by atoms with Crippen molar-refractivity contribution in [3.05, 3.63) is 78.3 Å². The molecule has 1 aromatic heterocycles. The minimum atomic E-state index is -0.787. The standard InChI is InChI=1S/C25H26FNO2/c1-17(2)27-23-10-7-5-9-22(23)25(19-12-14-20(26)15-13-19)24(27)11-6-4-8-21(29)16-18(3)28/h4-15,17,21,29H,16H2,1-3H3/b8-4+,11-6+. The highest BCUT2D eigenvalue weighted by atomic mass is 19.1. The van der Waals surface area contributed by atoms with E-state index in [9.17, 15) is 14.3 Å². The van der Waals surface area contributed by atoms with Gasteiger partial charge in [0.2, 0.25) is 0 Å². The van der Waals surface area contributed by atoms with Crippen LogP contribution in [0, 0.1) is 5.82 Å². The van der Waals surface area contributed by atoms with Crippen LogP contribution in [0.4, 0.5) is 4.39 Å². The lowest BCUT2D eigenvalue weighted by Crippen LogP contribution is -2.07. The predicted octanol–water partition coefficient (Wildman–Crippen LogP) is 5.94. The fourth-order valence-electron chi connectivity index (χ4n) is 3.62. The third-order valence-electron chi connectivity index (χ3n) is 4.79. The van der Waals surface area contributed by atoms with Crippen molar-refractivity contribution in [2.75, 3.05) is 0 Å². The fourth-order valence-corrected chi connectivity index (χ4v) is 3.62. The largest absolute Gasteiger partial charge is 0.389 e. The van der Waals surface area contributed by atoms with Crippen LogP contribution in [0.1, 0.15) is 38.9 Å². The van der Waals surface area contributed by atoms with Crippen molar-refractivity contribution in [2.24, 2.45) is 0 Å². The Morgan fingerprint density at radius 1 is 1.10 bits per heavy atom. The molecule has 2 aromatic carbocycles. The molecule has 0 fully saturated rings. The molecule has 3 nitrogen and oxygen atoms in total. The summed E-state index contributed by atoms with van der Waals surface area (Å²) in [5.41, 5.74) is 4.12. The molecule has 3 rings (SSSR count). The van der Waals surface area contributed by atoms with Crippen LogP contribution in [0.5, 0.6) is 0 Å². The Morgan fingerprint density at radius 3 is 2.45 bits per heavy atom. The molecule has 0 saturated heterocycles. The van der Waals surface area contributed by atoms with E-state index in [1.807, 2.05) is 24.3 Å². The summed E-state index contributed by atoms with van der Waals surface area (Å²) in [5.74, 6) is -0.314. The number of nitrogens with zero attached hydrogens (tertiary/aromatic N) is 1. The number of aliphatic hydroxyl groups is 1. The summed E-state index contributed by atoms with van der Waals surface area (Å²) in [6.45, 7) is 5.72. The fraction of sp³-hybridized carbons (Fsp3) is 0.240. The van der Waals surface area contributed by atoms with Gasteiger partial charge in [-0.15, -0.1) is 0 Å². The SMILES string of the molecule is CC(=O)CC(O)/C=C/C=C/c1c(-c2ccc(F)cc2)c2ccccc2n1C(C)C. The first kappa shape index (κ1) is 20.7. The molecule has 150 valence electrons. The van der Waals surface area contributed by atoms with E-state index in [0.717, 1.165) is 27.7 Å². The Hall–Kier alpha value is -2.98. The molecule has 3 aromatic rings. The van der Waals surface area contributed by atoms with E-state index in [4.69, 9.17) is 0 Å². The first-order valence-electron chi connectivity index (χ1n) is 9.79. The summed E-state index contributed by atoms with van der Waals surface area (Å²) in [5, 5.41) is 11.0. The summed E-state index contributed by atoms with van der Waals surface area (Å²) < 4.78 is 15.7. The van der Waals surface area contributed by atoms with Crippen LogP contribution in [0.25, 0.3) is 28.1 Å². The quantitative estimate of drug-likeness (QED) is 0.507. The van der Waals surface area contributed by atoms with Crippen molar-refractivity contribution in [3.8, 4) is 11.1 Å². The van der Waals surface area contributed by atoms with E-state index in [2.05, 4.69) is 30.5 Å². The van der Waals surface area contributed by atoms with Crippen molar-refractivity contribution >= 4 is 22.8 Å². The molecule has 0 saturated carbocycles. The zero-order chi connectivity index (χ0) is 21.0. The van der Waals surface area contributed by atoms with Gasteiger partial charge < -0.3 is 9.67 Å². The van der Waals surface area contributed by atoms with Crippen LogP contribution in [-0.4, -0.2) is 21.6 Å². The van der Waals surface area contributed by atoms with E-state index in [1.165, 1.54) is 19.1 Å². The topological polar surface area (TPSA) is 42.2 Å². The molecule has 0 spiro atoms. The maximum Gasteiger partial charge on any atom is 0.132 e. The zero-order valence-corrected chi connectivity index (χ0v) is 17.0. The highest BCUT2D eigenvalue weighted by Crippen LogP contribution is 2.37. The van der Waals surface area contributed by atoms with Crippen molar-refractivity contribution in [1.82, 2.24) is 4.57 Å². The van der Waals surface area contributed by atoms with E-state index >= 15 is 0 Å². The number of aliphatic hydroxyl groups excluding tert-OH is 1. The molecule has 29 heavy (non-hydrogen) atoms. The number of carbonyl (C=O) groups excluding carboxylic acids is 1. The van der Waals surface area contributed by atoms with Crippen molar-refractivity contribution in [1.29, 1.82) is 0 Å². The minimum Gasteiger partial charge on any atom is -0.389 e. The van der Waals surface area contributed by atoms with Gasteiger partial charge in [0, 0.05) is 34.6 Å². The molecular formula is C25H26FNO2. The maximum absolute atomic E-state index is 13.5. The number of Topliss-reactive ketones (excluding diaryl/α,β-unsaturated/α-hetero) is 1. The lowest BCUT2D eigenvalue weighted by Gasteiger charge is -2.13. The Morgan fingerprint density at radius 2 is 1.79 bits per heavy atom. The number of para-hydroxylation sites is 1. The highest BCUT2D eigenvalue weighted by molar-refractivity contribution is 6.01. The second-order valence-corrected chi connectivity index (χ2v) is 7.47. The smallest absolute Gasteiger partial charge is 0.132 e. The van der Waals surface area contributed by atoms with Gasteiger partial charge in [0.1, 0.15) is 11.6 Å². The Balaban J connectivity index is 2.11. The van der Waals surface area contributed by atoms with Crippen molar-refractivity contribution in [2.45, 2.75) is 39.3 Å². The maximum atomic E-state index is 13.5. The Labute approximate surface area is 170 Å². The van der Waals surface area contributed by atoms with Gasteiger partial charge in [0.05, 0.1) is 6.10 Å². The third-order valence-corrected chi connectivity index (χ3v) is 4.79.